The van der Waals surface area contributed by atoms with Gasteiger partial charge in [0.05, 0.1) is 19.3 Å². The Labute approximate surface area is 183 Å². The molecule has 8 nitrogen and oxygen atoms in total. The van der Waals surface area contributed by atoms with E-state index in [9.17, 15) is 15.0 Å². The zero-order chi connectivity index (χ0) is 22.2. The van der Waals surface area contributed by atoms with E-state index >= 15 is 0 Å². The third-order valence-corrected chi connectivity index (χ3v) is 5.73. The van der Waals surface area contributed by atoms with E-state index in [0.29, 0.717) is 26.2 Å². The molecule has 0 radical (unpaired) electrons. The molecule has 0 aliphatic carbocycles. The van der Waals surface area contributed by atoms with Gasteiger partial charge in [0.25, 0.3) is 0 Å². The summed E-state index contributed by atoms with van der Waals surface area (Å²) in [5.41, 5.74) is 0. The number of rotatable bonds is 10. The zero-order valence-corrected chi connectivity index (χ0v) is 19.4. The minimum absolute atomic E-state index is 0.281. The van der Waals surface area contributed by atoms with Crippen molar-refractivity contribution in [3.05, 3.63) is 0 Å². The Kier molecular flexibility index (Phi) is 15.1. The lowest BCUT2D eigenvalue weighted by Crippen LogP contribution is -2.41. The van der Waals surface area contributed by atoms with Crippen LogP contribution in [-0.4, -0.2) is 116 Å². The van der Waals surface area contributed by atoms with Gasteiger partial charge in [-0.25, -0.2) is 4.79 Å². The molecule has 1 heterocycles. The van der Waals surface area contributed by atoms with Gasteiger partial charge in [0.1, 0.15) is 0 Å². The Morgan fingerprint density at radius 1 is 0.867 bits per heavy atom. The lowest BCUT2D eigenvalue weighted by atomic mass is 10.1. The molecular weight excluding hydrogens is 386 g/mol. The molecule has 1 amide bonds. The second-order valence-electron chi connectivity index (χ2n) is 8.32. The highest BCUT2D eigenvalue weighted by Crippen LogP contribution is 2.09. The van der Waals surface area contributed by atoms with Gasteiger partial charge in [0.2, 0.25) is 0 Å². The average Bonchev–Trinajstić information content (AvgIpc) is 2.73. The van der Waals surface area contributed by atoms with Crippen LogP contribution in [0.25, 0.3) is 0 Å². The average molecular weight is 432 g/mol. The van der Waals surface area contributed by atoms with E-state index in [2.05, 4.69) is 9.80 Å². The molecule has 1 saturated heterocycles. The Morgan fingerprint density at radius 2 is 1.40 bits per heavy atom. The highest BCUT2D eigenvalue weighted by Gasteiger charge is 2.19. The number of aliphatic hydroxyl groups is 2. The molecule has 0 aromatic rings. The van der Waals surface area contributed by atoms with Crippen molar-refractivity contribution in [1.29, 1.82) is 0 Å². The quantitative estimate of drug-likeness (QED) is 0.510. The summed E-state index contributed by atoms with van der Waals surface area (Å²) in [5, 5.41) is 20.5. The Morgan fingerprint density at radius 3 is 1.90 bits per heavy atom. The summed E-state index contributed by atoms with van der Waals surface area (Å²) in [7, 11) is 3.13. The molecule has 1 fully saturated rings. The van der Waals surface area contributed by atoms with Gasteiger partial charge in [0, 0.05) is 39.9 Å². The molecule has 2 unspecified atom stereocenters. The number of ether oxygens (including phenoxy) is 2. The van der Waals surface area contributed by atoms with Crippen molar-refractivity contribution in [1.82, 2.24) is 14.7 Å². The van der Waals surface area contributed by atoms with E-state index in [4.69, 9.17) is 9.47 Å². The van der Waals surface area contributed by atoms with E-state index in [-0.39, 0.29) is 18.3 Å². The number of unbranched alkanes of at least 4 members (excludes halogenated alkanes) is 1. The van der Waals surface area contributed by atoms with Crippen molar-refractivity contribution >= 4 is 6.09 Å². The number of amides is 1. The molecule has 1 aliphatic rings. The Balaban J connectivity index is 2.65. The molecule has 30 heavy (non-hydrogen) atoms. The number of nitrogens with zero attached hydrogens (tertiary/aromatic N) is 3. The third kappa shape index (κ3) is 12.1. The molecule has 0 saturated carbocycles. The van der Waals surface area contributed by atoms with Crippen molar-refractivity contribution in [3.8, 4) is 0 Å². The minimum atomic E-state index is -0.343. The number of hydrogen-bond donors (Lipinski definition) is 2. The van der Waals surface area contributed by atoms with Gasteiger partial charge >= 0.3 is 6.09 Å². The van der Waals surface area contributed by atoms with Gasteiger partial charge < -0.3 is 34.4 Å². The van der Waals surface area contributed by atoms with Gasteiger partial charge in [0.15, 0.2) is 0 Å². The summed E-state index contributed by atoms with van der Waals surface area (Å²) in [6.45, 7) is 8.89. The van der Waals surface area contributed by atoms with Crippen LogP contribution in [0.15, 0.2) is 0 Å². The van der Waals surface area contributed by atoms with Gasteiger partial charge in [-0.15, -0.1) is 0 Å². The molecular formula is C22H45N3O5. The molecule has 1 rings (SSSR count). The summed E-state index contributed by atoms with van der Waals surface area (Å²) in [6, 6.07) is 0. The van der Waals surface area contributed by atoms with Crippen LogP contribution in [0.1, 0.15) is 51.9 Å². The fourth-order valence-electron chi connectivity index (χ4n) is 3.94. The van der Waals surface area contributed by atoms with Crippen molar-refractivity contribution in [2.75, 3.05) is 73.2 Å². The summed E-state index contributed by atoms with van der Waals surface area (Å²) >= 11 is 0. The zero-order valence-electron chi connectivity index (χ0n) is 19.4. The third-order valence-electron chi connectivity index (χ3n) is 5.73. The van der Waals surface area contributed by atoms with E-state index in [1.54, 1.807) is 12.0 Å². The predicted octanol–water partition coefficient (Wildman–Crippen LogP) is 1.79. The standard InChI is InChI=1S/C22H45N3O5/c1-4-20(26)18-23-11-7-12-24(19-21(27)10-5-6-17-29-2)14-9-16-25(15-8-13-23)22(28)30-3/h20-21,26-27H,4-19H2,1-3H3. The van der Waals surface area contributed by atoms with Crippen molar-refractivity contribution < 1.29 is 24.5 Å². The van der Waals surface area contributed by atoms with Crippen LogP contribution in [0.3, 0.4) is 0 Å². The van der Waals surface area contributed by atoms with Crippen LogP contribution < -0.4 is 0 Å². The number of β-amino-alcohol motifs (C(OH)–C–C–N with tert-alkyl or cyclic N) is 2. The summed E-state index contributed by atoms with van der Waals surface area (Å²) in [5.74, 6) is 0. The van der Waals surface area contributed by atoms with Crippen LogP contribution in [0.5, 0.6) is 0 Å². The highest BCUT2D eigenvalue weighted by molar-refractivity contribution is 5.67. The van der Waals surface area contributed by atoms with Crippen LogP contribution in [0.4, 0.5) is 4.79 Å². The second kappa shape index (κ2) is 16.7. The van der Waals surface area contributed by atoms with Gasteiger partial charge in [-0.2, -0.15) is 0 Å². The second-order valence-corrected chi connectivity index (χ2v) is 8.32. The number of hydrogen-bond acceptors (Lipinski definition) is 7. The maximum atomic E-state index is 12.1. The largest absolute Gasteiger partial charge is 0.453 e. The Bertz CT molecular complexity index is 441. The Hall–Kier alpha value is -0.930. The number of methoxy groups -OCH3 is 2. The summed E-state index contributed by atoms with van der Waals surface area (Å²) in [4.78, 5) is 18.5. The lowest BCUT2D eigenvalue weighted by molar-refractivity contribution is 0.0797. The molecule has 1 aliphatic heterocycles. The van der Waals surface area contributed by atoms with Crippen LogP contribution in [-0.2, 0) is 9.47 Å². The monoisotopic (exact) mass is 431 g/mol. The first-order valence-corrected chi connectivity index (χ1v) is 11.6. The smallest absolute Gasteiger partial charge is 0.409 e. The summed E-state index contributed by atoms with van der Waals surface area (Å²) in [6.07, 6.45) is 5.25. The van der Waals surface area contributed by atoms with Crippen molar-refractivity contribution in [2.45, 2.75) is 64.1 Å². The minimum Gasteiger partial charge on any atom is -0.453 e. The van der Waals surface area contributed by atoms with Crippen LogP contribution >= 0.6 is 0 Å². The normalized spacial score (nSPS) is 20.2. The number of carbonyl (C=O) groups excluding carboxylic acids is 1. The van der Waals surface area contributed by atoms with Gasteiger partial charge in [-0.05, 0) is 71.1 Å². The molecule has 178 valence electrons. The van der Waals surface area contributed by atoms with Gasteiger partial charge in [-0.1, -0.05) is 6.92 Å². The van der Waals surface area contributed by atoms with E-state index in [1.807, 2.05) is 6.92 Å². The van der Waals surface area contributed by atoms with Crippen molar-refractivity contribution in [2.24, 2.45) is 0 Å². The first kappa shape index (κ1) is 27.1. The predicted molar refractivity (Wildman–Crippen MR) is 119 cm³/mol. The molecule has 2 atom stereocenters. The number of carbonyl (C=O) groups is 1. The molecule has 2 N–H and O–H groups in total. The molecule has 0 bridgehead atoms. The topological polar surface area (TPSA) is 85.7 Å². The van der Waals surface area contributed by atoms with Crippen LogP contribution in [0.2, 0.25) is 0 Å². The van der Waals surface area contributed by atoms with E-state index in [1.165, 1.54) is 7.11 Å². The lowest BCUT2D eigenvalue weighted by Gasteiger charge is -2.31. The maximum absolute atomic E-state index is 12.1. The van der Waals surface area contributed by atoms with E-state index in [0.717, 1.165) is 77.7 Å². The maximum Gasteiger partial charge on any atom is 0.409 e. The molecule has 0 spiro atoms. The fraction of sp³-hybridized carbons (Fsp3) is 0.955. The van der Waals surface area contributed by atoms with E-state index < -0.39 is 0 Å². The highest BCUT2D eigenvalue weighted by atomic mass is 16.5. The molecule has 0 aromatic carbocycles. The SMILES string of the molecule is CCC(O)CN1CCCN(CC(O)CCCCOC)CCCN(C(=O)OC)CCC1. The molecule has 0 aromatic heterocycles. The van der Waals surface area contributed by atoms with Crippen molar-refractivity contribution in [3.63, 3.8) is 0 Å². The summed E-state index contributed by atoms with van der Waals surface area (Å²) < 4.78 is 10.0. The fourth-order valence-corrected chi connectivity index (χ4v) is 3.94. The van der Waals surface area contributed by atoms with Gasteiger partial charge in [-0.3, -0.25) is 0 Å². The number of aliphatic hydroxyl groups excluding tert-OH is 2. The first-order valence-electron chi connectivity index (χ1n) is 11.6. The van der Waals surface area contributed by atoms with Crippen LogP contribution in [0, 0.1) is 0 Å². The first-order chi connectivity index (χ1) is 14.5. The molecule has 8 heteroatoms.